The van der Waals surface area contributed by atoms with Crippen LogP contribution in [0.15, 0.2) is 30.3 Å². The molecule has 20 heavy (non-hydrogen) atoms. The fourth-order valence-electron chi connectivity index (χ4n) is 2.75. The molecule has 2 atom stereocenters. The largest absolute Gasteiger partial charge is 0.310 e. The fraction of sp³-hybridized carbons (Fsp3) is 0.684. The van der Waals surface area contributed by atoms with Gasteiger partial charge < -0.3 is 5.32 Å². The van der Waals surface area contributed by atoms with E-state index in [1.165, 1.54) is 37.7 Å². The third kappa shape index (κ3) is 6.56. The summed E-state index contributed by atoms with van der Waals surface area (Å²) < 4.78 is 0. The summed E-state index contributed by atoms with van der Waals surface area (Å²) >= 11 is 0. The Balaban J connectivity index is 2.56. The lowest BCUT2D eigenvalue weighted by Gasteiger charge is -2.24. The molecule has 1 aromatic rings. The minimum atomic E-state index is 0.506. The van der Waals surface area contributed by atoms with Gasteiger partial charge in [-0.05, 0) is 36.8 Å². The van der Waals surface area contributed by atoms with Crippen molar-refractivity contribution < 1.29 is 0 Å². The smallest absolute Gasteiger partial charge is 0.0322 e. The van der Waals surface area contributed by atoms with Crippen LogP contribution in [0.4, 0.5) is 0 Å². The first-order valence-corrected chi connectivity index (χ1v) is 8.45. The van der Waals surface area contributed by atoms with Gasteiger partial charge in [0.15, 0.2) is 0 Å². The van der Waals surface area contributed by atoms with Crippen molar-refractivity contribution in [2.24, 2.45) is 11.8 Å². The summed E-state index contributed by atoms with van der Waals surface area (Å²) in [6.45, 7) is 10.4. The summed E-state index contributed by atoms with van der Waals surface area (Å²) in [6, 6.07) is 11.4. The quantitative estimate of drug-likeness (QED) is 0.588. The first kappa shape index (κ1) is 17.2. The number of hydrogen-bond donors (Lipinski definition) is 1. The molecule has 0 fully saturated rings. The van der Waals surface area contributed by atoms with E-state index in [4.69, 9.17) is 0 Å². The summed E-state index contributed by atoms with van der Waals surface area (Å²) in [7, 11) is 0. The number of rotatable bonds is 10. The molecule has 0 saturated carbocycles. The molecule has 0 radical (unpaired) electrons. The predicted molar refractivity (Wildman–Crippen MR) is 89.9 cm³/mol. The van der Waals surface area contributed by atoms with E-state index < -0.39 is 0 Å². The summed E-state index contributed by atoms with van der Waals surface area (Å²) in [6.07, 6.45) is 6.54. The van der Waals surface area contributed by atoms with Crippen molar-refractivity contribution in [3.8, 4) is 0 Å². The molecule has 0 spiro atoms. The molecule has 1 nitrogen and oxygen atoms in total. The van der Waals surface area contributed by atoms with E-state index in [1.54, 1.807) is 0 Å². The summed E-state index contributed by atoms with van der Waals surface area (Å²) in [5, 5.41) is 3.83. The third-order valence-corrected chi connectivity index (χ3v) is 4.11. The topological polar surface area (TPSA) is 12.0 Å². The Morgan fingerprint density at radius 1 is 1.05 bits per heavy atom. The molecule has 1 aromatic carbocycles. The van der Waals surface area contributed by atoms with Gasteiger partial charge in [0.1, 0.15) is 0 Å². The number of nitrogens with one attached hydrogen (secondary N) is 1. The second-order valence-corrected chi connectivity index (χ2v) is 6.42. The molecule has 0 aliphatic carbocycles. The highest BCUT2D eigenvalue weighted by Crippen LogP contribution is 2.22. The lowest BCUT2D eigenvalue weighted by Crippen LogP contribution is -2.28. The zero-order chi connectivity index (χ0) is 14.8. The molecular weight excluding hydrogens is 242 g/mol. The Morgan fingerprint density at radius 2 is 1.75 bits per heavy atom. The molecule has 0 aliphatic heterocycles. The average Bonchev–Trinajstić information content (AvgIpc) is 2.46. The van der Waals surface area contributed by atoms with Gasteiger partial charge in [0.2, 0.25) is 0 Å². The summed E-state index contributed by atoms with van der Waals surface area (Å²) in [5.74, 6) is 1.55. The van der Waals surface area contributed by atoms with Crippen molar-refractivity contribution in [1.82, 2.24) is 5.32 Å². The maximum Gasteiger partial charge on any atom is 0.0322 e. The van der Waals surface area contributed by atoms with E-state index in [0.29, 0.717) is 6.04 Å². The Morgan fingerprint density at radius 3 is 2.30 bits per heavy atom. The fourth-order valence-corrected chi connectivity index (χ4v) is 2.75. The van der Waals surface area contributed by atoms with Gasteiger partial charge >= 0.3 is 0 Å². The van der Waals surface area contributed by atoms with E-state index in [-0.39, 0.29) is 0 Å². The highest BCUT2D eigenvalue weighted by atomic mass is 14.9. The minimum Gasteiger partial charge on any atom is -0.310 e. The molecule has 0 aromatic heterocycles. The van der Waals surface area contributed by atoms with Gasteiger partial charge in [0.05, 0.1) is 0 Å². The highest BCUT2D eigenvalue weighted by molar-refractivity contribution is 5.18. The van der Waals surface area contributed by atoms with Gasteiger partial charge in [0.25, 0.3) is 0 Å². The van der Waals surface area contributed by atoms with Crippen molar-refractivity contribution in [2.75, 3.05) is 6.54 Å². The molecule has 1 N–H and O–H groups in total. The van der Waals surface area contributed by atoms with Crippen LogP contribution in [0, 0.1) is 11.8 Å². The van der Waals surface area contributed by atoms with Crippen LogP contribution in [0.3, 0.4) is 0 Å². The number of benzene rings is 1. The molecule has 114 valence electrons. The summed E-state index contributed by atoms with van der Waals surface area (Å²) in [5.41, 5.74) is 1.44. The first-order valence-electron chi connectivity index (χ1n) is 8.45. The minimum absolute atomic E-state index is 0.506. The van der Waals surface area contributed by atoms with Crippen LogP contribution >= 0.6 is 0 Å². The van der Waals surface area contributed by atoms with E-state index in [0.717, 1.165) is 18.4 Å². The van der Waals surface area contributed by atoms with Crippen molar-refractivity contribution in [3.05, 3.63) is 35.9 Å². The molecule has 0 amide bonds. The van der Waals surface area contributed by atoms with E-state index in [9.17, 15) is 0 Å². The van der Waals surface area contributed by atoms with E-state index >= 15 is 0 Å². The average molecular weight is 275 g/mol. The highest BCUT2D eigenvalue weighted by Gasteiger charge is 2.14. The van der Waals surface area contributed by atoms with Crippen LogP contribution in [0.5, 0.6) is 0 Å². The van der Waals surface area contributed by atoms with Crippen LogP contribution < -0.4 is 5.32 Å². The second kappa shape index (κ2) is 9.99. The van der Waals surface area contributed by atoms with Gasteiger partial charge in [-0.3, -0.25) is 0 Å². The number of hydrogen-bond acceptors (Lipinski definition) is 1. The lowest BCUT2D eigenvalue weighted by atomic mass is 9.94. The molecule has 0 heterocycles. The standard InChI is InChI=1S/C19H33N/c1-5-7-11-17(6-2)15-20-19(14-16(3)4)18-12-9-8-10-13-18/h8-10,12-13,16-17,19-20H,5-7,11,14-15H2,1-4H3. The first-order chi connectivity index (χ1) is 9.67. The molecule has 1 rings (SSSR count). The lowest BCUT2D eigenvalue weighted by molar-refractivity contribution is 0.361. The van der Waals surface area contributed by atoms with Crippen LogP contribution in [0.25, 0.3) is 0 Å². The molecule has 0 aliphatic rings. The zero-order valence-corrected chi connectivity index (χ0v) is 13.9. The van der Waals surface area contributed by atoms with Crippen LogP contribution in [0.2, 0.25) is 0 Å². The maximum atomic E-state index is 3.83. The van der Waals surface area contributed by atoms with E-state index in [2.05, 4.69) is 63.3 Å². The normalized spacial score (nSPS) is 14.4. The zero-order valence-electron chi connectivity index (χ0n) is 13.9. The van der Waals surface area contributed by atoms with Crippen molar-refractivity contribution in [3.63, 3.8) is 0 Å². The maximum absolute atomic E-state index is 3.83. The van der Waals surface area contributed by atoms with Gasteiger partial charge in [-0.1, -0.05) is 77.3 Å². The molecular formula is C19H33N. The number of unbranched alkanes of at least 4 members (excludes halogenated alkanes) is 1. The predicted octanol–water partition coefficient (Wildman–Crippen LogP) is 5.58. The SMILES string of the molecule is CCCCC(CC)CNC(CC(C)C)c1ccccc1. The van der Waals surface area contributed by atoms with Gasteiger partial charge in [-0.25, -0.2) is 0 Å². The molecule has 0 bridgehead atoms. The van der Waals surface area contributed by atoms with E-state index in [1.807, 2.05) is 0 Å². The van der Waals surface area contributed by atoms with Crippen molar-refractivity contribution in [2.45, 2.75) is 65.8 Å². The Labute approximate surface area is 126 Å². The van der Waals surface area contributed by atoms with Gasteiger partial charge in [-0.2, -0.15) is 0 Å². The van der Waals surface area contributed by atoms with Crippen LogP contribution in [-0.4, -0.2) is 6.54 Å². The van der Waals surface area contributed by atoms with Gasteiger partial charge in [0, 0.05) is 6.04 Å². The molecule has 1 heteroatoms. The Hall–Kier alpha value is -0.820. The Bertz CT molecular complexity index is 331. The third-order valence-electron chi connectivity index (χ3n) is 4.11. The Kier molecular flexibility index (Phi) is 8.60. The summed E-state index contributed by atoms with van der Waals surface area (Å²) in [4.78, 5) is 0. The van der Waals surface area contributed by atoms with Crippen LogP contribution in [0.1, 0.15) is 71.4 Å². The van der Waals surface area contributed by atoms with Crippen molar-refractivity contribution in [1.29, 1.82) is 0 Å². The molecule has 2 unspecified atom stereocenters. The van der Waals surface area contributed by atoms with Crippen LogP contribution in [-0.2, 0) is 0 Å². The van der Waals surface area contributed by atoms with Crippen molar-refractivity contribution >= 4 is 0 Å². The molecule has 0 saturated heterocycles. The second-order valence-electron chi connectivity index (χ2n) is 6.42. The van der Waals surface area contributed by atoms with Gasteiger partial charge in [-0.15, -0.1) is 0 Å². The monoisotopic (exact) mass is 275 g/mol.